The maximum atomic E-state index is 6.72. The fourth-order valence-electron chi connectivity index (χ4n) is 4.31. The molecule has 4 rings (SSSR count). The van der Waals surface area contributed by atoms with Crippen molar-refractivity contribution in [3.63, 3.8) is 0 Å². The fraction of sp³-hybridized carbons (Fsp3) is 0.429. The van der Waals surface area contributed by atoms with Crippen molar-refractivity contribution in [1.29, 1.82) is 0 Å². The molecule has 2 aliphatic carbocycles. The van der Waals surface area contributed by atoms with Gasteiger partial charge in [-0.3, -0.25) is 0 Å². The summed E-state index contributed by atoms with van der Waals surface area (Å²) < 4.78 is 0. The third-order valence-electron chi connectivity index (χ3n) is 6.01. The van der Waals surface area contributed by atoms with Gasteiger partial charge in [0.15, 0.2) is 0 Å². The normalized spacial score (nSPS) is 32.5. The Balaban J connectivity index is 1.46. The number of benzene rings is 2. The van der Waals surface area contributed by atoms with Crippen molar-refractivity contribution in [1.82, 2.24) is 0 Å². The van der Waals surface area contributed by atoms with Crippen LogP contribution in [-0.4, -0.2) is 11.6 Å². The average Bonchev–Trinajstić information content (AvgIpc) is 3.40. The average molecular weight is 341 g/mol. The van der Waals surface area contributed by atoms with Crippen molar-refractivity contribution in [2.75, 3.05) is 0 Å². The van der Waals surface area contributed by atoms with Crippen LogP contribution in [-0.2, 0) is 0 Å². The molecule has 0 aliphatic heterocycles. The van der Waals surface area contributed by atoms with Gasteiger partial charge in [0.05, 0.1) is 0 Å². The summed E-state index contributed by atoms with van der Waals surface area (Å²) in [5, 5.41) is 0.775. The summed E-state index contributed by atoms with van der Waals surface area (Å²) in [6, 6.07) is 17.3. The summed E-state index contributed by atoms with van der Waals surface area (Å²) in [5.41, 5.74) is 16.6. The largest absolute Gasteiger partial charge is 0.328 e. The monoisotopic (exact) mass is 340 g/mol. The van der Waals surface area contributed by atoms with Crippen molar-refractivity contribution >= 4 is 11.6 Å². The molecule has 0 spiro atoms. The number of hydrogen-bond donors (Lipinski definition) is 2. The van der Waals surface area contributed by atoms with Crippen LogP contribution in [0.15, 0.2) is 48.5 Å². The Bertz CT molecular complexity index is 700. The van der Waals surface area contributed by atoms with Crippen molar-refractivity contribution in [2.24, 2.45) is 17.4 Å². The molecule has 2 aromatic rings. The van der Waals surface area contributed by atoms with Crippen molar-refractivity contribution in [2.45, 2.75) is 49.6 Å². The molecule has 4 N–H and O–H groups in total. The van der Waals surface area contributed by atoms with Crippen LogP contribution in [0.5, 0.6) is 0 Å². The van der Waals surface area contributed by atoms with Gasteiger partial charge >= 0.3 is 0 Å². The topological polar surface area (TPSA) is 52.0 Å². The first-order valence-electron chi connectivity index (χ1n) is 8.95. The number of nitrogens with two attached hydrogens (primary N) is 2. The molecule has 0 amide bonds. The van der Waals surface area contributed by atoms with Gasteiger partial charge in [0.2, 0.25) is 0 Å². The number of hydrogen-bond acceptors (Lipinski definition) is 2. The first-order chi connectivity index (χ1) is 11.5. The molecule has 2 saturated carbocycles. The lowest BCUT2D eigenvalue weighted by Gasteiger charge is -2.36. The second-order valence-electron chi connectivity index (χ2n) is 7.65. The first kappa shape index (κ1) is 16.1. The highest BCUT2D eigenvalue weighted by Gasteiger charge is 2.51. The molecule has 0 saturated heterocycles. The molecule has 2 fully saturated rings. The summed E-state index contributed by atoms with van der Waals surface area (Å²) in [7, 11) is 0. The van der Waals surface area contributed by atoms with Gasteiger partial charge in [-0.15, -0.1) is 0 Å². The number of rotatable bonds is 3. The second kappa shape index (κ2) is 6.18. The van der Waals surface area contributed by atoms with Crippen LogP contribution in [0.25, 0.3) is 11.1 Å². The van der Waals surface area contributed by atoms with E-state index in [9.17, 15) is 0 Å². The minimum atomic E-state index is 0.00931. The third-order valence-corrected chi connectivity index (χ3v) is 6.26. The molecule has 2 aromatic carbocycles. The van der Waals surface area contributed by atoms with E-state index in [4.69, 9.17) is 23.1 Å². The third kappa shape index (κ3) is 3.11. The van der Waals surface area contributed by atoms with Crippen LogP contribution in [0.2, 0.25) is 5.02 Å². The predicted molar refractivity (Wildman–Crippen MR) is 101 cm³/mol. The molecule has 0 unspecified atom stereocenters. The molecule has 0 aromatic heterocycles. The van der Waals surface area contributed by atoms with Gasteiger partial charge in [0, 0.05) is 16.6 Å². The highest BCUT2D eigenvalue weighted by molar-refractivity contribution is 6.30. The van der Waals surface area contributed by atoms with E-state index in [-0.39, 0.29) is 5.54 Å². The smallest absolute Gasteiger partial charge is 0.0406 e. The maximum Gasteiger partial charge on any atom is 0.0406 e. The van der Waals surface area contributed by atoms with Gasteiger partial charge in [-0.2, -0.15) is 0 Å². The van der Waals surface area contributed by atoms with Crippen LogP contribution in [0.1, 0.15) is 43.6 Å². The Kier molecular flexibility index (Phi) is 4.16. The summed E-state index contributed by atoms with van der Waals surface area (Å²) in [5.74, 6) is 1.26. The minimum absolute atomic E-state index is 0.00931. The Morgan fingerprint density at radius 2 is 1.42 bits per heavy atom. The maximum absolute atomic E-state index is 6.72. The van der Waals surface area contributed by atoms with Crippen LogP contribution in [0, 0.1) is 5.92 Å². The summed E-state index contributed by atoms with van der Waals surface area (Å²) >= 11 is 5.97. The second-order valence-corrected chi connectivity index (χ2v) is 8.08. The van der Waals surface area contributed by atoms with Crippen molar-refractivity contribution in [3.05, 3.63) is 59.1 Å². The standard InChI is InChI=1S/C21H25ClN2/c22-17-7-5-15(6-8-17)14-1-3-16(4-2-14)19-13-20(19)21(24)11-9-18(23)10-12-21/h1-8,18-20H,9-13,23-24H2/t18?,19-,20+,21?/m0/s1. The summed E-state index contributed by atoms with van der Waals surface area (Å²) in [4.78, 5) is 0. The molecule has 2 nitrogen and oxygen atoms in total. The van der Waals surface area contributed by atoms with E-state index in [1.807, 2.05) is 12.1 Å². The number of halogens is 1. The molecule has 0 radical (unpaired) electrons. The molecule has 126 valence electrons. The lowest BCUT2D eigenvalue weighted by molar-refractivity contribution is 0.239. The van der Waals surface area contributed by atoms with Crippen LogP contribution < -0.4 is 11.5 Å². The molecular weight excluding hydrogens is 316 g/mol. The Morgan fingerprint density at radius 3 is 2.00 bits per heavy atom. The zero-order valence-electron chi connectivity index (χ0n) is 13.9. The highest BCUT2D eigenvalue weighted by Crippen LogP contribution is 2.56. The van der Waals surface area contributed by atoms with Crippen LogP contribution in [0.3, 0.4) is 0 Å². The van der Waals surface area contributed by atoms with E-state index in [1.165, 1.54) is 23.1 Å². The Hall–Kier alpha value is -1.35. The van der Waals surface area contributed by atoms with Gasteiger partial charge < -0.3 is 11.5 Å². The zero-order chi connectivity index (χ0) is 16.7. The molecule has 2 atom stereocenters. The van der Waals surface area contributed by atoms with Gasteiger partial charge in [0.1, 0.15) is 0 Å². The molecule has 0 heterocycles. The molecular formula is C21H25ClN2. The molecule has 24 heavy (non-hydrogen) atoms. The molecule has 2 aliphatic rings. The lowest BCUT2D eigenvalue weighted by atomic mass is 9.76. The predicted octanol–water partition coefficient (Wildman–Crippen LogP) is 4.71. The quantitative estimate of drug-likeness (QED) is 0.850. The SMILES string of the molecule is NC1CCC(N)([C@@H]2C[C@H]2c2ccc(-c3ccc(Cl)cc3)cc2)CC1. The fourth-order valence-corrected chi connectivity index (χ4v) is 4.44. The van der Waals surface area contributed by atoms with Gasteiger partial charge in [0.25, 0.3) is 0 Å². The van der Waals surface area contributed by atoms with Crippen LogP contribution in [0.4, 0.5) is 0 Å². The van der Waals surface area contributed by atoms with E-state index in [2.05, 4.69) is 36.4 Å². The zero-order valence-corrected chi connectivity index (χ0v) is 14.7. The lowest BCUT2D eigenvalue weighted by Crippen LogP contribution is -2.48. The van der Waals surface area contributed by atoms with Gasteiger partial charge in [-0.05, 0) is 72.8 Å². The van der Waals surface area contributed by atoms with E-state index >= 15 is 0 Å². The van der Waals surface area contributed by atoms with E-state index < -0.39 is 0 Å². The van der Waals surface area contributed by atoms with E-state index in [1.54, 1.807) is 0 Å². The Labute approximate surface area is 149 Å². The Morgan fingerprint density at radius 1 is 0.875 bits per heavy atom. The van der Waals surface area contributed by atoms with Crippen molar-refractivity contribution in [3.8, 4) is 11.1 Å². The summed E-state index contributed by atoms with van der Waals surface area (Å²) in [6.07, 6.45) is 5.55. The van der Waals surface area contributed by atoms with E-state index in [0.717, 1.165) is 30.7 Å². The van der Waals surface area contributed by atoms with Crippen LogP contribution >= 0.6 is 11.6 Å². The van der Waals surface area contributed by atoms with E-state index in [0.29, 0.717) is 17.9 Å². The minimum Gasteiger partial charge on any atom is -0.328 e. The highest BCUT2D eigenvalue weighted by atomic mass is 35.5. The summed E-state index contributed by atoms with van der Waals surface area (Å²) in [6.45, 7) is 0. The van der Waals surface area contributed by atoms with Crippen molar-refractivity contribution < 1.29 is 0 Å². The van der Waals surface area contributed by atoms with Gasteiger partial charge in [-0.1, -0.05) is 48.0 Å². The molecule has 0 bridgehead atoms. The molecule has 3 heteroatoms. The van der Waals surface area contributed by atoms with Gasteiger partial charge in [-0.25, -0.2) is 0 Å². The first-order valence-corrected chi connectivity index (χ1v) is 9.33.